The lowest BCUT2D eigenvalue weighted by Gasteiger charge is -2.13. The molecule has 0 bridgehead atoms. The smallest absolute Gasteiger partial charge is 0.159 e. The van der Waals surface area contributed by atoms with Crippen LogP contribution in [-0.4, -0.2) is 16.6 Å². The summed E-state index contributed by atoms with van der Waals surface area (Å²) in [4.78, 5) is 0. The molecular weight excluding hydrogens is 244 g/mol. The second-order valence-corrected chi connectivity index (χ2v) is 4.23. The Kier molecular flexibility index (Phi) is 3.75. The van der Waals surface area contributed by atoms with E-state index in [0.717, 1.165) is 17.3 Å². The summed E-state index contributed by atoms with van der Waals surface area (Å²) < 4.78 is 29.6. The zero-order chi connectivity index (χ0) is 12.3. The van der Waals surface area contributed by atoms with Crippen molar-refractivity contribution in [3.63, 3.8) is 0 Å². The minimum atomic E-state index is -0.829. The van der Waals surface area contributed by atoms with E-state index >= 15 is 0 Å². The molecule has 0 aliphatic heterocycles. The summed E-state index contributed by atoms with van der Waals surface area (Å²) in [6.45, 7) is 0. The fourth-order valence-electron chi connectivity index (χ4n) is 1.58. The Morgan fingerprint density at radius 2 is 2.18 bits per heavy atom. The first-order valence-electron chi connectivity index (χ1n) is 5.09. The highest BCUT2D eigenvalue weighted by Gasteiger charge is 2.14. The van der Waals surface area contributed by atoms with Gasteiger partial charge in [0.2, 0.25) is 0 Å². The number of nitrogens with one attached hydrogen (secondary N) is 1. The van der Waals surface area contributed by atoms with Crippen LogP contribution in [0.15, 0.2) is 23.6 Å². The molecule has 0 fully saturated rings. The van der Waals surface area contributed by atoms with E-state index in [4.69, 9.17) is 0 Å². The van der Waals surface area contributed by atoms with Crippen LogP contribution in [0.2, 0.25) is 0 Å². The van der Waals surface area contributed by atoms with Crippen LogP contribution in [0.3, 0.4) is 0 Å². The van der Waals surface area contributed by atoms with Crippen molar-refractivity contribution in [3.05, 3.63) is 46.5 Å². The predicted molar refractivity (Wildman–Crippen MR) is 61.8 cm³/mol. The van der Waals surface area contributed by atoms with E-state index in [9.17, 15) is 8.78 Å². The average Bonchev–Trinajstić information content (AvgIpc) is 2.84. The van der Waals surface area contributed by atoms with Crippen LogP contribution in [0.1, 0.15) is 17.3 Å². The van der Waals surface area contributed by atoms with Crippen LogP contribution in [-0.2, 0) is 6.42 Å². The summed E-state index contributed by atoms with van der Waals surface area (Å²) in [6, 6.07) is 3.87. The summed E-state index contributed by atoms with van der Waals surface area (Å²) in [5.41, 5.74) is 1.53. The molecular formula is C11H11F2N3S. The molecule has 6 heteroatoms. The Bertz CT molecular complexity index is 487. The number of hydrogen-bond acceptors (Lipinski definition) is 4. The van der Waals surface area contributed by atoms with Gasteiger partial charge >= 0.3 is 0 Å². The van der Waals surface area contributed by atoms with Crippen molar-refractivity contribution >= 4 is 11.5 Å². The second kappa shape index (κ2) is 5.29. The van der Waals surface area contributed by atoms with Crippen LogP contribution in [0.5, 0.6) is 0 Å². The Labute approximate surface area is 102 Å². The number of nitrogens with zero attached hydrogens (tertiary/aromatic N) is 2. The van der Waals surface area contributed by atoms with Gasteiger partial charge in [-0.25, -0.2) is 8.78 Å². The Morgan fingerprint density at radius 3 is 2.76 bits per heavy atom. The lowest BCUT2D eigenvalue weighted by molar-refractivity contribution is 0.504. The molecule has 90 valence electrons. The van der Waals surface area contributed by atoms with Gasteiger partial charge in [0, 0.05) is 5.38 Å². The minimum Gasteiger partial charge on any atom is -0.311 e. The molecule has 0 aliphatic carbocycles. The van der Waals surface area contributed by atoms with Crippen molar-refractivity contribution in [1.82, 2.24) is 14.9 Å². The highest BCUT2D eigenvalue weighted by atomic mass is 32.1. The van der Waals surface area contributed by atoms with Gasteiger partial charge in [0.1, 0.15) is 0 Å². The van der Waals surface area contributed by atoms with E-state index in [1.165, 1.54) is 17.6 Å². The molecule has 0 saturated carbocycles. The SMILES string of the molecule is CNC(Cc1ccc(F)c(F)c1)c1csnn1. The number of benzene rings is 1. The van der Waals surface area contributed by atoms with E-state index < -0.39 is 11.6 Å². The third-order valence-electron chi connectivity index (χ3n) is 2.51. The van der Waals surface area contributed by atoms with Crippen molar-refractivity contribution in [3.8, 4) is 0 Å². The topological polar surface area (TPSA) is 37.8 Å². The van der Waals surface area contributed by atoms with Crippen molar-refractivity contribution in [2.24, 2.45) is 0 Å². The third-order valence-corrected chi connectivity index (χ3v) is 3.03. The predicted octanol–water partition coefficient (Wildman–Crippen LogP) is 2.32. The van der Waals surface area contributed by atoms with Gasteiger partial charge in [-0.2, -0.15) is 0 Å². The molecule has 1 unspecified atom stereocenters. The summed E-state index contributed by atoms with van der Waals surface area (Å²) in [6.07, 6.45) is 0.541. The quantitative estimate of drug-likeness (QED) is 0.911. The molecule has 17 heavy (non-hydrogen) atoms. The maximum atomic E-state index is 13.1. The second-order valence-electron chi connectivity index (χ2n) is 3.62. The molecule has 0 amide bonds. The lowest BCUT2D eigenvalue weighted by atomic mass is 10.0. The van der Waals surface area contributed by atoms with Gasteiger partial charge in [0.15, 0.2) is 11.6 Å². The Morgan fingerprint density at radius 1 is 1.35 bits per heavy atom. The number of hydrogen-bond donors (Lipinski definition) is 1. The number of rotatable bonds is 4. The zero-order valence-electron chi connectivity index (χ0n) is 9.15. The standard InChI is InChI=1S/C11H11F2N3S/c1-14-10(11-6-17-16-15-11)5-7-2-3-8(12)9(13)4-7/h2-4,6,10,14H,5H2,1H3. The largest absolute Gasteiger partial charge is 0.311 e. The molecule has 1 atom stereocenters. The highest BCUT2D eigenvalue weighted by Crippen LogP contribution is 2.18. The zero-order valence-corrected chi connectivity index (χ0v) is 9.97. The van der Waals surface area contributed by atoms with Gasteiger partial charge in [-0.1, -0.05) is 10.6 Å². The van der Waals surface area contributed by atoms with Crippen LogP contribution in [0, 0.1) is 11.6 Å². The van der Waals surface area contributed by atoms with Crippen molar-refractivity contribution in [1.29, 1.82) is 0 Å². The third kappa shape index (κ3) is 2.83. The molecule has 0 spiro atoms. The van der Waals surface area contributed by atoms with E-state index in [1.807, 2.05) is 5.38 Å². The molecule has 1 heterocycles. The van der Waals surface area contributed by atoms with Crippen LogP contribution in [0.4, 0.5) is 8.78 Å². The summed E-state index contributed by atoms with van der Waals surface area (Å²) >= 11 is 1.26. The molecule has 0 radical (unpaired) electrons. The fraction of sp³-hybridized carbons (Fsp3) is 0.273. The van der Waals surface area contributed by atoms with Gasteiger partial charge in [-0.15, -0.1) is 5.10 Å². The van der Waals surface area contributed by atoms with Gasteiger partial charge in [-0.3, -0.25) is 0 Å². The van der Waals surface area contributed by atoms with E-state index in [0.29, 0.717) is 6.42 Å². The molecule has 0 aliphatic rings. The van der Waals surface area contributed by atoms with Gasteiger partial charge in [0.25, 0.3) is 0 Å². The van der Waals surface area contributed by atoms with Gasteiger partial charge in [-0.05, 0) is 42.7 Å². The maximum Gasteiger partial charge on any atom is 0.159 e. The average molecular weight is 255 g/mol. The first kappa shape index (κ1) is 12.1. The first-order valence-corrected chi connectivity index (χ1v) is 5.92. The first-order chi connectivity index (χ1) is 8.20. The highest BCUT2D eigenvalue weighted by molar-refractivity contribution is 7.03. The summed E-state index contributed by atoms with van der Waals surface area (Å²) in [7, 11) is 1.80. The van der Waals surface area contributed by atoms with Gasteiger partial charge < -0.3 is 5.32 Å². The number of aromatic nitrogens is 2. The normalized spacial score (nSPS) is 12.6. The monoisotopic (exact) mass is 255 g/mol. The number of likely N-dealkylation sites (N-methyl/N-ethyl adjacent to an activating group) is 1. The van der Waals surface area contributed by atoms with Gasteiger partial charge in [0.05, 0.1) is 11.7 Å². The Hall–Kier alpha value is -1.40. The molecule has 1 aromatic carbocycles. The summed E-state index contributed by atoms with van der Waals surface area (Å²) in [5.74, 6) is -1.65. The minimum absolute atomic E-state index is 0.0430. The van der Waals surface area contributed by atoms with Crippen LogP contribution >= 0.6 is 11.5 Å². The Balaban J connectivity index is 2.16. The van der Waals surface area contributed by atoms with E-state index in [1.54, 1.807) is 13.1 Å². The fourth-order valence-corrected chi connectivity index (χ4v) is 2.09. The molecule has 2 rings (SSSR count). The molecule has 0 saturated heterocycles. The van der Waals surface area contributed by atoms with E-state index in [-0.39, 0.29) is 6.04 Å². The molecule has 1 N–H and O–H groups in total. The molecule has 1 aromatic heterocycles. The van der Waals surface area contributed by atoms with Crippen molar-refractivity contribution in [2.75, 3.05) is 7.05 Å². The van der Waals surface area contributed by atoms with Crippen LogP contribution in [0.25, 0.3) is 0 Å². The maximum absolute atomic E-state index is 13.1. The van der Waals surface area contributed by atoms with Crippen molar-refractivity contribution < 1.29 is 8.78 Å². The van der Waals surface area contributed by atoms with Crippen molar-refractivity contribution in [2.45, 2.75) is 12.5 Å². The molecule has 2 aromatic rings. The summed E-state index contributed by atoms with van der Waals surface area (Å²) in [5, 5.41) is 8.87. The molecule has 3 nitrogen and oxygen atoms in total. The van der Waals surface area contributed by atoms with E-state index in [2.05, 4.69) is 14.9 Å². The van der Waals surface area contributed by atoms with Crippen LogP contribution < -0.4 is 5.32 Å². The lowest BCUT2D eigenvalue weighted by Crippen LogP contribution is -2.19. The number of halogens is 2.